The third kappa shape index (κ3) is 5.92. The zero-order valence-corrected chi connectivity index (χ0v) is 24.5. The number of hydrogen-bond donors (Lipinski definition) is 1. The number of rotatable bonds is 10. The van der Waals surface area contributed by atoms with Gasteiger partial charge in [-0.25, -0.2) is 8.42 Å². The standard InChI is InChI=1S/C30H39N3O4S2/c1-3-4-18-37-24-7-10-26(11-8-24)39(35,36)29-20-31-28-12-9-25(38-2)19-27(28)30(29)32-16-13-22(14-17-32)33-15-5-6-23(33)21-34/h7-12,19-20,22-23,34H,3-6,13-18,21H2,1-2H3. The Labute approximate surface area is 236 Å². The lowest BCUT2D eigenvalue weighted by Crippen LogP contribution is -2.48. The summed E-state index contributed by atoms with van der Waals surface area (Å²) >= 11 is 1.64. The second-order valence-electron chi connectivity index (χ2n) is 10.5. The van der Waals surface area contributed by atoms with Gasteiger partial charge < -0.3 is 14.7 Å². The number of piperidine rings is 1. The Morgan fingerprint density at radius 2 is 1.85 bits per heavy atom. The largest absolute Gasteiger partial charge is 0.494 e. The van der Waals surface area contributed by atoms with Crippen LogP contribution in [0.3, 0.4) is 0 Å². The SMILES string of the molecule is CCCCOc1ccc(S(=O)(=O)c2cnc3ccc(SC)cc3c2N2CCC(N3CCCC3CO)CC2)cc1. The molecule has 0 spiro atoms. The van der Waals surface area contributed by atoms with Crippen molar-refractivity contribution in [2.24, 2.45) is 0 Å². The first kappa shape index (κ1) is 28.2. The van der Waals surface area contributed by atoms with E-state index in [2.05, 4.69) is 27.8 Å². The van der Waals surface area contributed by atoms with E-state index in [4.69, 9.17) is 4.74 Å². The maximum absolute atomic E-state index is 14.1. The number of nitrogens with zero attached hydrogens (tertiary/aromatic N) is 3. The van der Waals surface area contributed by atoms with Crippen LogP contribution in [0.15, 0.2) is 63.3 Å². The van der Waals surface area contributed by atoms with Gasteiger partial charge in [-0.05, 0) is 87.4 Å². The first-order chi connectivity index (χ1) is 19.0. The van der Waals surface area contributed by atoms with Gasteiger partial charge in [-0.2, -0.15) is 0 Å². The summed E-state index contributed by atoms with van der Waals surface area (Å²) in [5.41, 5.74) is 1.54. The van der Waals surface area contributed by atoms with Crippen LogP contribution in [0.2, 0.25) is 0 Å². The number of fused-ring (bicyclic) bond motifs is 1. The lowest BCUT2D eigenvalue weighted by molar-refractivity contribution is 0.105. The van der Waals surface area contributed by atoms with E-state index in [1.807, 2.05) is 18.4 Å². The van der Waals surface area contributed by atoms with Crippen molar-refractivity contribution in [3.63, 3.8) is 0 Å². The van der Waals surface area contributed by atoms with Crippen LogP contribution in [0.5, 0.6) is 5.75 Å². The fraction of sp³-hybridized carbons (Fsp3) is 0.500. The predicted molar refractivity (Wildman–Crippen MR) is 158 cm³/mol. The monoisotopic (exact) mass is 569 g/mol. The first-order valence-electron chi connectivity index (χ1n) is 14.0. The molecule has 1 aromatic heterocycles. The molecular weight excluding hydrogens is 530 g/mol. The van der Waals surface area contributed by atoms with E-state index in [1.54, 1.807) is 36.0 Å². The molecule has 5 rings (SSSR count). The Balaban J connectivity index is 1.49. The zero-order valence-electron chi connectivity index (χ0n) is 22.9. The minimum atomic E-state index is -3.82. The Kier molecular flexibility index (Phi) is 9.01. The number of likely N-dealkylation sites (tertiary alicyclic amines) is 1. The van der Waals surface area contributed by atoms with Crippen molar-refractivity contribution in [1.29, 1.82) is 0 Å². The van der Waals surface area contributed by atoms with E-state index < -0.39 is 9.84 Å². The highest BCUT2D eigenvalue weighted by molar-refractivity contribution is 7.98. The van der Waals surface area contributed by atoms with Crippen LogP contribution < -0.4 is 9.64 Å². The Morgan fingerprint density at radius 3 is 2.54 bits per heavy atom. The highest BCUT2D eigenvalue weighted by atomic mass is 32.2. The average Bonchev–Trinajstić information content (AvgIpc) is 3.46. The summed E-state index contributed by atoms with van der Waals surface area (Å²) in [5.74, 6) is 0.675. The van der Waals surface area contributed by atoms with Gasteiger partial charge in [0.1, 0.15) is 10.6 Å². The van der Waals surface area contributed by atoms with Gasteiger partial charge in [0.05, 0.1) is 29.3 Å². The minimum Gasteiger partial charge on any atom is -0.494 e. The third-order valence-electron chi connectivity index (χ3n) is 8.09. The van der Waals surface area contributed by atoms with Crippen molar-refractivity contribution in [2.45, 2.75) is 72.2 Å². The number of thioether (sulfide) groups is 1. The van der Waals surface area contributed by atoms with Crippen molar-refractivity contribution in [1.82, 2.24) is 9.88 Å². The number of unbranched alkanes of at least 4 members (excludes halogenated alkanes) is 1. The molecule has 0 bridgehead atoms. The Morgan fingerprint density at radius 1 is 1.08 bits per heavy atom. The second kappa shape index (κ2) is 12.5. The summed E-state index contributed by atoms with van der Waals surface area (Å²) in [6.45, 7) is 5.48. The molecule has 1 N–H and O–H groups in total. The normalized spacial score (nSPS) is 19.2. The van der Waals surface area contributed by atoms with Gasteiger partial charge in [-0.3, -0.25) is 9.88 Å². The van der Waals surface area contributed by atoms with Crippen LogP contribution in [0.1, 0.15) is 45.4 Å². The van der Waals surface area contributed by atoms with Crippen molar-refractivity contribution < 1.29 is 18.3 Å². The number of hydrogen-bond acceptors (Lipinski definition) is 8. The minimum absolute atomic E-state index is 0.206. The first-order valence-corrected chi connectivity index (χ1v) is 16.7. The molecule has 7 nitrogen and oxygen atoms in total. The molecule has 2 aliphatic heterocycles. The predicted octanol–water partition coefficient (Wildman–Crippen LogP) is 5.39. The molecule has 2 saturated heterocycles. The number of pyridine rings is 1. The summed E-state index contributed by atoms with van der Waals surface area (Å²) in [4.78, 5) is 10.9. The van der Waals surface area contributed by atoms with E-state index in [-0.39, 0.29) is 22.4 Å². The number of aliphatic hydroxyl groups is 1. The molecule has 0 amide bonds. The smallest absolute Gasteiger partial charge is 0.210 e. The van der Waals surface area contributed by atoms with Crippen molar-refractivity contribution in [3.8, 4) is 5.75 Å². The molecule has 0 radical (unpaired) electrons. The molecule has 0 aliphatic carbocycles. The van der Waals surface area contributed by atoms with Gasteiger partial charge in [0.2, 0.25) is 9.84 Å². The molecule has 2 aromatic carbocycles. The fourth-order valence-electron chi connectivity index (χ4n) is 5.92. The maximum atomic E-state index is 14.1. The Hall–Kier alpha value is -2.33. The lowest BCUT2D eigenvalue weighted by atomic mass is 10.0. The maximum Gasteiger partial charge on any atom is 0.210 e. The average molecular weight is 570 g/mol. The molecule has 2 aliphatic rings. The summed E-state index contributed by atoms with van der Waals surface area (Å²) in [7, 11) is -3.82. The van der Waals surface area contributed by atoms with Crippen LogP contribution in [-0.4, -0.2) is 74.6 Å². The van der Waals surface area contributed by atoms with Crippen LogP contribution >= 0.6 is 11.8 Å². The van der Waals surface area contributed by atoms with Gasteiger partial charge in [-0.15, -0.1) is 11.8 Å². The molecule has 39 heavy (non-hydrogen) atoms. The van der Waals surface area contributed by atoms with Gasteiger partial charge in [0.15, 0.2) is 0 Å². The van der Waals surface area contributed by atoms with E-state index >= 15 is 0 Å². The van der Waals surface area contributed by atoms with Gasteiger partial charge in [0.25, 0.3) is 0 Å². The third-order valence-corrected chi connectivity index (χ3v) is 10.6. The number of aliphatic hydroxyl groups excluding tert-OH is 1. The molecule has 3 heterocycles. The quantitative estimate of drug-likeness (QED) is 0.257. The molecular formula is C30H39N3O4S2. The zero-order chi connectivity index (χ0) is 27.4. The van der Waals surface area contributed by atoms with Crippen LogP contribution in [0.25, 0.3) is 10.9 Å². The highest BCUT2D eigenvalue weighted by Crippen LogP contribution is 2.39. The van der Waals surface area contributed by atoms with Crippen LogP contribution in [0, 0.1) is 0 Å². The summed E-state index contributed by atoms with van der Waals surface area (Å²) in [6, 6.07) is 13.5. The second-order valence-corrected chi connectivity index (χ2v) is 13.3. The number of benzene rings is 2. The molecule has 1 unspecified atom stereocenters. The summed E-state index contributed by atoms with van der Waals surface area (Å²) in [5, 5.41) is 10.7. The number of anilines is 1. The number of sulfone groups is 1. The van der Waals surface area contributed by atoms with Gasteiger partial charge in [0, 0.05) is 41.7 Å². The van der Waals surface area contributed by atoms with Gasteiger partial charge in [-0.1, -0.05) is 13.3 Å². The van der Waals surface area contributed by atoms with E-state index in [0.29, 0.717) is 18.4 Å². The summed E-state index contributed by atoms with van der Waals surface area (Å²) in [6.07, 6.45) is 9.61. The van der Waals surface area contributed by atoms with Crippen LogP contribution in [-0.2, 0) is 9.84 Å². The van der Waals surface area contributed by atoms with E-state index in [1.165, 1.54) is 6.20 Å². The fourth-order valence-corrected chi connectivity index (χ4v) is 7.79. The molecule has 210 valence electrons. The van der Waals surface area contributed by atoms with E-state index in [0.717, 1.165) is 79.6 Å². The van der Waals surface area contributed by atoms with E-state index in [9.17, 15) is 13.5 Å². The molecule has 9 heteroatoms. The topological polar surface area (TPSA) is 83.0 Å². The number of aromatic nitrogens is 1. The Bertz CT molecular complexity index is 1370. The van der Waals surface area contributed by atoms with Crippen molar-refractivity contribution in [2.75, 3.05) is 44.0 Å². The molecule has 1 atom stereocenters. The van der Waals surface area contributed by atoms with Gasteiger partial charge >= 0.3 is 0 Å². The van der Waals surface area contributed by atoms with Crippen molar-refractivity contribution >= 4 is 38.2 Å². The lowest BCUT2D eigenvalue weighted by Gasteiger charge is -2.40. The molecule has 0 saturated carbocycles. The summed E-state index contributed by atoms with van der Waals surface area (Å²) < 4.78 is 33.9. The molecule has 3 aromatic rings. The van der Waals surface area contributed by atoms with Crippen molar-refractivity contribution in [3.05, 3.63) is 48.7 Å². The van der Waals surface area contributed by atoms with Crippen LogP contribution in [0.4, 0.5) is 5.69 Å². The molecule has 2 fully saturated rings. The highest BCUT2D eigenvalue weighted by Gasteiger charge is 2.34. The number of ether oxygens (including phenoxy) is 1.